The molecular formula is C17H34N4O3S. The lowest BCUT2D eigenvalue weighted by molar-refractivity contribution is -0.144. The van der Waals surface area contributed by atoms with Crippen molar-refractivity contribution in [3.8, 4) is 0 Å². The highest BCUT2D eigenvalue weighted by Gasteiger charge is 2.35. The molecule has 0 heterocycles. The van der Waals surface area contributed by atoms with Gasteiger partial charge in [-0.15, -0.1) is 11.8 Å². The maximum atomic E-state index is 13.0. The minimum absolute atomic E-state index is 0.0771. The number of likely N-dealkylation sites (N-methyl/N-ethyl adjacent to an activating group) is 2. The Morgan fingerprint density at radius 3 is 2.00 bits per heavy atom. The van der Waals surface area contributed by atoms with Crippen LogP contribution < -0.4 is 5.73 Å². The summed E-state index contributed by atoms with van der Waals surface area (Å²) in [5, 5.41) is -0.662. The van der Waals surface area contributed by atoms with Gasteiger partial charge in [-0.1, -0.05) is 20.8 Å². The molecule has 0 aromatic carbocycles. The number of hydrogen-bond donors (Lipinski definition) is 1. The van der Waals surface area contributed by atoms with Crippen molar-refractivity contribution in [3.05, 3.63) is 0 Å². The van der Waals surface area contributed by atoms with E-state index < -0.39 is 17.3 Å². The predicted octanol–water partition coefficient (Wildman–Crippen LogP) is 0.834. The van der Waals surface area contributed by atoms with Gasteiger partial charge in [0.05, 0.1) is 0 Å². The smallest absolute Gasteiger partial charge is 0.256 e. The SMILES string of the molecule is CCCC(=O)N(C)[C@H](SCCN(C)C)C(=O)N(C)[C@H](C(N)=O)C(C)C. The van der Waals surface area contributed by atoms with Crippen LogP contribution in [0.3, 0.4) is 0 Å². The Balaban J connectivity index is 5.36. The van der Waals surface area contributed by atoms with Gasteiger partial charge in [0.25, 0.3) is 5.91 Å². The van der Waals surface area contributed by atoms with Crippen molar-refractivity contribution >= 4 is 29.5 Å². The third-order valence-electron chi connectivity index (χ3n) is 3.92. The molecule has 0 rings (SSSR count). The van der Waals surface area contributed by atoms with E-state index in [1.165, 1.54) is 21.6 Å². The summed E-state index contributed by atoms with van der Waals surface area (Å²) in [6.07, 6.45) is 1.11. The Morgan fingerprint density at radius 2 is 1.60 bits per heavy atom. The largest absolute Gasteiger partial charge is 0.368 e. The van der Waals surface area contributed by atoms with Crippen LogP contribution >= 0.6 is 11.8 Å². The van der Waals surface area contributed by atoms with Crippen LogP contribution in [0.5, 0.6) is 0 Å². The first-order valence-corrected chi connectivity index (χ1v) is 9.67. The third kappa shape index (κ3) is 7.64. The molecule has 0 spiro atoms. The number of nitrogens with two attached hydrogens (primary N) is 1. The summed E-state index contributed by atoms with van der Waals surface area (Å²) in [5.41, 5.74) is 5.47. The highest BCUT2D eigenvalue weighted by atomic mass is 32.2. The van der Waals surface area contributed by atoms with Crippen LogP contribution in [0.2, 0.25) is 0 Å². The molecule has 25 heavy (non-hydrogen) atoms. The van der Waals surface area contributed by atoms with Crippen molar-refractivity contribution in [2.24, 2.45) is 11.7 Å². The summed E-state index contributed by atoms with van der Waals surface area (Å²) in [5.74, 6) is -0.287. The number of amides is 3. The van der Waals surface area contributed by atoms with Crippen LogP contribution in [-0.4, -0.2) is 84.3 Å². The second kappa shape index (κ2) is 11.4. The third-order valence-corrected chi connectivity index (χ3v) is 5.17. The van der Waals surface area contributed by atoms with Crippen LogP contribution in [-0.2, 0) is 14.4 Å². The Kier molecular flexibility index (Phi) is 10.8. The van der Waals surface area contributed by atoms with Gasteiger partial charge in [-0.3, -0.25) is 14.4 Å². The number of nitrogens with zero attached hydrogens (tertiary/aromatic N) is 3. The van der Waals surface area contributed by atoms with Crippen molar-refractivity contribution in [2.75, 3.05) is 40.5 Å². The van der Waals surface area contributed by atoms with Crippen molar-refractivity contribution in [1.82, 2.24) is 14.7 Å². The first-order chi connectivity index (χ1) is 11.5. The normalized spacial score (nSPS) is 13.6. The summed E-state index contributed by atoms with van der Waals surface area (Å²) < 4.78 is 0. The maximum Gasteiger partial charge on any atom is 0.256 e. The molecule has 0 fully saturated rings. The summed E-state index contributed by atoms with van der Waals surface area (Å²) in [6, 6.07) is -0.695. The van der Waals surface area contributed by atoms with Crippen molar-refractivity contribution < 1.29 is 14.4 Å². The van der Waals surface area contributed by atoms with Crippen LogP contribution in [0.1, 0.15) is 33.6 Å². The fourth-order valence-corrected chi connectivity index (χ4v) is 3.84. The Labute approximate surface area is 156 Å². The zero-order chi connectivity index (χ0) is 19.7. The van der Waals surface area contributed by atoms with E-state index in [2.05, 4.69) is 0 Å². The fourth-order valence-electron chi connectivity index (χ4n) is 2.49. The van der Waals surface area contributed by atoms with Crippen LogP contribution in [0.15, 0.2) is 0 Å². The molecule has 3 amide bonds. The monoisotopic (exact) mass is 374 g/mol. The number of thioether (sulfide) groups is 1. The van der Waals surface area contributed by atoms with Gasteiger partial charge in [-0.05, 0) is 26.4 Å². The summed E-state index contributed by atoms with van der Waals surface area (Å²) in [4.78, 5) is 41.9. The van der Waals surface area contributed by atoms with Crippen LogP contribution in [0, 0.1) is 5.92 Å². The molecule has 0 aromatic rings. The van der Waals surface area contributed by atoms with Crippen LogP contribution in [0.4, 0.5) is 0 Å². The van der Waals surface area contributed by atoms with Gasteiger partial charge in [0.1, 0.15) is 6.04 Å². The van der Waals surface area contributed by atoms with E-state index in [4.69, 9.17) is 5.73 Å². The molecule has 0 aliphatic rings. The first-order valence-electron chi connectivity index (χ1n) is 8.62. The molecule has 0 aromatic heterocycles. The molecule has 0 aliphatic heterocycles. The molecule has 0 aliphatic carbocycles. The van der Waals surface area contributed by atoms with Gasteiger partial charge in [0, 0.05) is 32.8 Å². The molecular weight excluding hydrogens is 340 g/mol. The predicted molar refractivity (Wildman–Crippen MR) is 103 cm³/mol. The van der Waals surface area contributed by atoms with E-state index in [0.717, 1.165) is 13.0 Å². The minimum atomic E-state index is -0.695. The molecule has 0 unspecified atom stereocenters. The topological polar surface area (TPSA) is 87.0 Å². The second-order valence-electron chi connectivity index (χ2n) is 6.82. The van der Waals surface area contributed by atoms with E-state index in [1.807, 2.05) is 39.8 Å². The van der Waals surface area contributed by atoms with Gasteiger partial charge in [-0.25, -0.2) is 0 Å². The summed E-state index contributed by atoms with van der Waals surface area (Å²) in [6.45, 7) is 6.41. The van der Waals surface area contributed by atoms with Gasteiger partial charge in [0.15, 0.2) is 5.37 Å². The lowest BCUT2D eigenvalue weighted by Crippen LogP contribution is -2.54. The molecule has 8 heteroatoms. The quantitative estimate of drug-likeness (QED) is 0.542. The second-order valence-corrected chi connectivity index (χ2v) is 8.01. The molecule has 0 radical (unpaired) electrons. The number of carbonyl (C=O) groups is 3. The van der Waals surface area contributed by atoms with E-state index in [1.54, 1.807) is 14.1 Å². The molecule has 0 bridgehead atoms. The van der Waals surface area contributed by atoms with Gasteiger partial charge in [0.2, 0.25) is 11.8 Å². The molecule has 0 saturated carbocycles. The first kappa shape index (κ1) is 23.7. The average molecular weight is 375 g/mol. The highest BCUT2D eigenvalue weighted by Crippen LogP contribution is 2.21. The molecule has 7 nitrogen and oxygen atoms in total. The Morgan fingerprint density at radius 1 is 1.04 bits per heavy atom. The molecule has 2 atom stereocenters. The molecule has 2 N–H and O–H groups in total. The average Bonchev–Trinajstić information content (AvgIpc) is 2.49. The lowest BCUT2D eigenvalue weighted by atomic mass is 10.0. The van der Waals surface area contributed by atoms with Crippen LogP contribution in [0.25, 0.3) is 0 Å². The van der Waals surface area contributed by atoms with Crippen molar-refractivity contribution in [1.29, 1.82) is 0 Å². The Bertz CT molecular complexity index is 457. The van der Waals surface area contributed by atoms with Gasteiger partial charge < -0.3 is 20.4 Å². The van der Waals surface area contributed by atoms with E-state index in [-0.39, 0.29) is 17.7 Å². The standard InChI is InChI=1S/C17H34N4O3S/c1-8-9-13(22)20(6)17(25-11-10-19(4)5)16(24)21(7)14(12(2)3)15(18)23/h12,14,17H,8-11H2,1-7H3,(H2,18,23)/t14-,17+/m0/s1. The van der Waals surface area contributed by atoms with Crippen molar-refractivity contribution in [3.63, 3.8) is 0 Å². The minimum Gasteiger partial charge on any atom is -0.368 e. The van der Waals surface area contributed by atoms with E-state index >= 15 is 0 Å². The van der Waals surface area contributed by atoms with E-state index in [0.29, 0.717) is 12.2 Å². The van der Waals surface area contributed by atoms with Gasteiger partial charge in [-0.2, -0.15) is 0 Å². The zero-order valence-corrected chi connectivity index (χ0v) is 17.4. The number of carbonyl (C=O) groups excluding carboxylic acids is 3. The summed E-state index contributed by atoms with van der Waals surface area (Å²) in [7, 11) is 7.13. The number of rotatable bonds is 11. The maximum absolute atomic E-state index is 13.0. The summed E-state index contributed by atoms with van der Waals surface area (Å²) >= 11 is 1.41. The highest BCUT2D eigenvalue weighted by molar-refractivity contribution is 8.00. The Hall–Kier alpha value is -1.28. The van der Waals surface area contributed by atoms with Gasteiger partial charge >= 0.3 is 0 Å². The lowest BCUT2D eigenvalue weighted by Gasteiger charge is -2.35. The molecule has 0 saturated heterocycles. The fraction of sp³-hybridized carbons (Fsp3) is 0.824. The number of primary amides is 1. The molecule has 146 valence electrons. The number of hydrogen-bond acceptors (Lipinski definition) is 5. The van der Waals surface area contributed by atoms with Crippen molar-refractivity contribution in [2.45, 2.75) is 45.0 Å². The van der Waals surface area contributed by atoms with E-state index in [9.17, 15) is 14.4 Å². The zero-order valence-electron chi connectivity index (χ0n) is 16.6.